The van der Waals surface area contributed by atoms with E-state index in [0.29, 0.717) is 13.0 Å². The van der Waals surface area contributed by atoms with Crippen LogP contribution in [0.2, 0.25) is 0 Å². The number of nitrogens with one attached hydrogen (secondary N) is 1. The first-order valence-electron chi connectivity index (χ1n) is 10.5. The average Bonchev–Trinajstić information content (AvgIpc) is 3.14. The molecule has 1 atom stereocenters. The molecule has 0 saturated carbocycles. The van der Waals surface area contributed by atoms with Gasteiger partial charge in [0.05, 0.1) is 23.7 Å². The molecular weight excluding hydrogens is 388 g/mol. The lowest BCUT2D eigenvalue weighted by Gasteiger charge is -2.22. The number of aliphatic hydroxyl groups excluding tert-OH is 1. The Morgan fingerprint density at radius 2 is 2.13 bits per heavy atom. The van der Waals surface area contributed by atoms with Crippen LogP contribution in [0.15, 0.2) is 65.0 Å². The lowest BCUT2D eigenvalue weighted by Crippen LogP contribution is -2.18. The van der Waals surface area contributed by atoms with Gasteiger partial charge in [-0.05, 0) is 54.7 Å². The number of nitrogens with zero attached hydrogens (tertiary/aromatic N) is 4. The van der Waals surface area contributed by atoms with Crippen molar-refractivity contribution in [3.05, 3.63) is 71.5 Å². The number of hydrogen-bond donors (Lipinski definition) is 3. The molecule has 0 radical (unpaired) electrons. The number of fused-ring (bicyclic) bond motifs is 1. The Bertz CT molecular complexity index is 1130. The highest BCUT2D eigenvalue weighted by molar-refractivity contribution is 6.48. The smallest absolute Gasteiger partial charge is 0.0879 e. The van der Waals surface area contributed by atoms with Crippen molar-refractivity contribution in [1.29, 1.82) is 0 Å². The van der Waals surface area contributed by atoms with Crippen molar-refractivity contribution in [1.82, 2.24) is 9.78 Å². The van der Waals surface area contributed by atoms with E-state index in [9.17, 15) is 5.11 Å². The SMILES string of the molecule is CC(=NN)C1=NCCC(Nc2cccc(CCO)c2)c2cc(-c3cnn(C)c3)ccc21. The van der Waals surface area contributed by atoms with Gasteiger partial charge >= 0.3 is 0 Å². The molecule has 4 N–H and O–H groups in total. The Hall–Kier alpha value is -3.45. The van der Waals surface area contributed by atoms with Crippen LogP contribution in [0.25, 0.3) is 11.1 Å². The Balaban J connectivity index is 1.76. The summed E-state index contributed by atoms with van der Waals surface area (Å²) >= 11 is 0. The number of rotatable bonds is 6. The number of anilines is 1. The zero-order valence-corrected chi connectivity index (χ0v) is 17.9. The number of aromatic nitrogens is 2. The predicted octanol–water partition coefficient (Wildman–Crippen LogP) is 3.30. The molecule has 2 heterocycles. The van der Waals surface area contributed by atoms with Crippen LogP contribution in [0, 0.1) is 0 Å². The maximum Gasteiger partial charge on any atom is 0.0879 e. The summed E-state index contributed by atoms with van der Waals surface area (Å²) in [5, 5.41) is 21.2. The van der Waals surface area contributed by atoms with E-state index in [1.165, 1.54) is 0 Å². The summed E-state index contributed by atoms with van der Waals surface area (Å²) in [5.74, 6) is 5.60. The molecular formula is C24H28N6O. The molecule has 1 unspecified atom stereocenters. The maximum absolute atomic E-state index is 9.28. The fourth-order valence-electron chi connectivity index (χ4n) is 4.03. The van der Waals surface area contributed by atoms with Crippen molar-refractivity contribution >= 4 is 17.1 Å². The van der Waals surface area contributed by atoms with E-state index in [4.69, 9.17) is 10.8 Å². The highest BCUT2D eigenvalue weighted by atomic mass is 16.2. The number of benzene rings is 2. The minimum absolute atomic E-state index is 0.0721. The van der Waals surface area contributed by atoms with Gasteiger partial charge in [0.15, 0.2) is 0 Å². The highest BCUT2D eigenvalue weighted by Gasteiger charge is 2.23. The highest BCUT2D eigenvalue weighted by Crippen LogP contribution is 2.33. The third-order valence-electron chi connectivity index (χ3n) is 5.61. The van der Waals surface area contributed by atoms with E-state index in [1.54, 1.807) is 0 Å². The number of hydrogen-bond acceptors (Lipinski definition) is 6. The normalized spacial score (nSPS) is 16.4. The third-order valence-corrected chi connectivity index (χ3v) is 5.61. The van der Waals surface area contributed by atoms with E-state index in [2.05, 4.69) is 45.8 Å². The second-order valence-electron chi connectivity index (χ2n) is 7.81. The third kappa shape index (κ3) is 4.51. The molecule has 7 heteroatoms. The van der Waals surface area contributed by atoms with E-state index >= 15 is 0 Å². The van der Waals surface area contributed by atoms with Crippen molar-refractivity contribution in [2.24, 2.45) is 23.0 Å². The predicted molar refractivity (Wildman–Crippen MR) is 126 cm³/mol. The molecule has 4 rings (SSSR count). The molecule has 0 saturated heterocycles. The van der Waals surface area contributed by atoms with E-state index in [-0.39, 0.29) is 12.6 Å². The zero-order valence-electron chi connectivity index (χ0n) is 17.9. The monoisotopic (exact) mass is 416 g/mol. The van der Waals surface area contributed by atoms with Crippen molar-refractivity contribution in [2.45, 2.75) is 25.8 Å². The minimum Gasteiger partial charge on any atom is -0.396 e. The molecule has 0 fully saturated rings. The molecule has 1 aromatic heterocycles. The molecule has 31 heavy (non-hydrogen) atoms. The van der Waals surface area contributed by atoms with Gasteiger partial charge in [-0.3, -0.25) is 9.67 Å². The average molecular weight is 417 g/mol. The van der Waals surface area contributed by atoms with Crippen LogP contribution in [0.5, 0.6) is 0 Å². The standard InChI is InChI=1S/C24H28N6O/c1-16(29-25)24-21-7-6-18(19-14-27-30(2)15-19)13-22(21)23(8-10-26-24)28-20-5-3-4-17(12-20)9-11-31/h3-7,12-15,23,28,31H,8-11,25H2,1-2H3. The van der Waals surface area contributed by atoms with Crippen molar-refractivity contribution in [3.8, 4) is 11.1 Å². The van der Waals surface area contributed by atoms with Gasteiger partial charge in [0.2, 0.25) is 0 Å². The summed E-state index contributed by atoms with van der Waals surface area (Å²) in [6, 6.07) is 14.7. The van der Waals surface area contributed by atoms with Gasteiger partial charge in [0.25, 0.3) is 0 Å². The van der Waals surface area contributed by atoms with Gasteiger partial charge in [0.1, 0.15) is 0 Å². The second kappa shape index (κ2) is 9.14. The van der Waals surface area contributed by atoms with Crippen molar-refractivity contribution < 1.29 is 5.11 Å². The molecule has 7 nitrogen and oxygen atoms in total. The number of hydrazone groups is 1. The Morgan fingerprint density at radius 1 is 1.26 bits per heavy atom. The molecule has 0 bridgehead atoms. The molecule has 2 aromatic carbocycles. The first-order chi connectivity index (χ1) is 15.1. The summed E-state index contributed by atoms with van der Waals surface area (Å²) in [4.78, 5) is 4.80. The fraction of sp³-hybridized carbons (Fsp3) is 0.292. The fourth-order valence-corrected chi connectivity index (χ4v) is 4.03. The van der Waals surface area contributed by atoms with Gasteiger partial charge in [-0.25, -0.2) is 0 Å². The summed E-state index contributed by atoms with van der Waals surface area (Å²) in [7, 11) is 1.92. The number of aliphatic imine (C=N–C) groups is 1. The van der Waals surface area contributed by atoms with Crippen molar-refractivity contribution in [3.63, 3.8) is 0 Å². The largest absolute Gasteiger partial charge is 0.396 e. The van der Waals surface area contributed by atoms with E-state index < -0.39 is 0 Å². The summed E-state index contributed by atoms with van der Waals surface area (Å²) in [5.41, 5.74) is 8.08. The van der Waals surface area contributed by atoms with Crippen LogP contribution >= 0.6 is 0 Å². The van der Waals surface area contributed by atoms with Gasteiger partial charge in [-0.1, -0.05) is 24.3 Å². The lowest BCUT2D eigenvalue weighted by atomic mass is 9.91. The topological polar surface area (TPSA) is 101 Å². The molecule has 3 aromatic rings. The van der Waals surface area contributed by atoms with Gasteiger partial charge < -0.3 is 16.3 Å². The first kappa shape index (κ1) is 20.8. The number of aliphatic hydroxyl groups is 1. The molecule has 0 amide bonds. The van der Waals surface area contributed by atoms with Crippen LogP contribution in [-0.2, 0) is 13.5 Å². The zero-order chi connectivity index (χ0) is 21.8. The lowest BCUT2D eigenvalue weighted by molar-refractivity contribution is 0.299. The Morgan fingerprint density at radius 3 is 2.87 bits per heavy atom. The van der Waals surface area contributed by atoms with Crippen LogP contribution in [0.3, 0.4) is 0 Å². The van der Waals surface area contributed by atoms with Crippen LogP contribution in [0.4, 0.5) is 5.69 Å². The molecule has 0 spiro atoms. The Labute approximate surface area is 182 Å². The summed E-state index contributed by atoms with van der Waals surface area (Å²) in [6.45, 7) is 2.70. The first-order valence-corrected chi connectivity index (χ1v) is 10.5. The molecule has 1 aliphatic rings. The van der Waals surface area contributed by atoms with Crippen LogP contribution in [-0.4, -0.2) is 39.5 Å². The molecule has 160 valence electrons. The quantitative estimate of drug-likeness (QED) is 0.326. The van der Waals surface area contributed by atoms with Gasteiger partial charge in [-0.15, -0.1) is 0 Å². The number of nitrogens with two attached hydrogens (primary N) is 1. The summed E-state index contributed by atoms with van der Waals surface area (Å²) in [6.07, 6.45) is 5.37. The second-order valence-corrected chi connectivity index (χ2v) is 7.81. The van der Waals surface area contributed by atoms with Crippen LogP contribution < -0.4 is 11.2 Å². The van der Waals surface area contributed by atoms with E-state index in [1.807, 2.05) is 43.2 Å². The number of aryl methyl sites for hydroxylation is 1. The summed E-state index contributed by atoms with van der Waals surface area (Å²) < 4.78 is 1.81. The maximum atomic E-state index is 9.28. The molecule has 1 aliphatic heterocycles. The molecule has 0 aliphatic carbocycles. The minimum atomic E-state index is 0.0721. The van der Waals surface area contributed by atoms with Crippen LogP contribution in [0.1, 0.15) is 36.1 Å². The van der Waals surface area contributed by atoms with E-state index in [0.717, 1.165) is 51.3 Å². The van der Waals surface area contributed by atoms with Crippen molar-refractivity contribution in [2.75, 3.05) is 18.5 Å². The Kier molecular flexibility index (Phi) is 6.13. The van der Waals surface area contributed by atoms with Gasteiger partial charge in [0, 0.05) is 43.2 Å². The van der Waals surface area contributed by atoms with Gasteiger partial charge in [-0.2, -0.15) is 10.2 Å².